The van der Waals surface area contributed by atoms with Gasteiger partial charge in [0.25, 0.3) is 0 Å². The molecule has 1 aromatic carbocycles. The zero-order valence-corrected chi connectivity index (χ0v) is 16.5. The van der Waals surface area contributed by atoms with Crippen molar-refractivity contribution in [3.8, 4) is 0 Å². The maximum Gasteiger partial charge on any atom is 0.319 e. The smallest absolute Gasteiger partial charge is 0.319 e. The second kappa shape index (κ2) is 9.02. The minimum absolute atomic E-state index is 0.0661. The molecule has 144 valence electrons. The van der Waals surface area contributed by atoms with Crippen LogP contribution in [0.5, 0.6) is 0 Å². The van der Waals surface area contributed by atoms with Crippen molar-refractivity contribution in [2.24, 2.45) is 5.92 Å². The van der Waals surface area contributed by atoms with Crippen molar-refractivity contribution in [2.75, 3.05) is 29.6 Å². The number of benzene rings is 1. The molecule has 2 aromatic rings. The Morgan fingerprint density at radius 1 is 1.11 bits per heavy atom. The second-order valence-corrected chi connectivity index (χ2v) is 6.90. The number of hydrogen-bond donors (Lipinski definition) is 3. The van der Waals surface area contributed by atoms with Crippen molar-refractivity contribution in [1.29, 1.82) is 0 Å². The first kappa shape index (κ1) is 20.2. The van der Waals surface area contributed by atoms with E-state index in [4.69, 9.17) is 0 Å². The van der Waals surface area contributed by atoms with E-state index in [2.05, 4.69) is 20.9 Å². The van der Waals surface area contributed by atoms with E-state index in [1.165, 1.54) is 0 Å². The molecule has 0 saturated carbocycles. The van der Waals surface area contributed by atoms with Gasteiger partial charge in [-0.05, 0) is 42.3 Å². The van der Waals surface area contributed by atoms with E-state index in [1.54, 1.807) is 12.3 Å². The van der Waals surface area contributed by atoms with Crippen LogP contribution in [0.3, 0.4) is 0 Å². The number of nitrogens with one attached hydrogen (secondary N) is 3. The topological polar surface area (TPSA) is 86.4 Å². The number of carbonyl (C=O) groups excluding carboxylic acids is 2. The van der Waals surface area contributed by atoms with Gasteiger partial charge >= 0.3 is 6.03 Å². The van der Waals surface area contributed by atoms with Gasteiger partial charge in [-0.3, -0.25) is 4.79 Å². The predicted octanol–water partition coefficient (Wildman–Crippen LogP) is 3.37. The van der Waals surface area contributed by atoms with Crippen LogP contribution in [0.4, 0.5) is 22.0 Å². The van der Waals surface area contributed by atoms with Gasteiger partial charge in [-0.1, -0.05) is 19.9 Å². The first-order chi connectivity index (χ1) is 12.8. The van der Waals surface area contributed by atoms with Crippen LogP contribution in [0.1, 0.15) is 25.0 Å². The fourth-order valence-corrected chi connectivity index (χ4v) is 2.28. The van der Waals surface area contributed by atoms with E-state index in [0.717, 1.165) is 16.9 Å². The number of hydrogen-bond acceptors (Lipinski definition) is 4. The fraction of sp³-hybridized carbons (Fsp3) is 0.350. The Morgan fingerprint density at radius 2 is 1.85 bits per heavy atom. The molecular weight excluding hydrogens is 342 g/mol. The Kier molecular flexibility index (Phi) is 6.76. The number of pyridine rings is 1. The zero-order valence-electron chi connectivity index (χ0n) is 16.5. The highest BCUT2D eigenvalue weighted by atomic mass is 16.2. The molecule has 1 aromatic heterocycles. The lowest BCUT2D eigenvalue weighted by Gasteiger charge is -2.14. The molecule has 27 heavy (non-hydrogen) atoms. The van der Waals surface area contributed by atoms with Gasteiger partial charge in [0, 0.05) is 44.1 Å². The van der Waals surface area contributed by atoms with Crippen LogP contribution in [0.2, 0.25) is 0 Å². The van der Waals surface area contributed by atoms with Crippen LogP contribution in [0.15, 0.2) is 36.5 Å². The zero-order chi connectivity index (χ0) is 20.0. The van der Waals surface area contributed by atoms with Crippen LogP contribution in [-0.2, 0) is 11.3 Å². The Bertz CT molecular complexity index is 818. The number of carbonyl (C=O) groups is 2. The molecule has 0 radical (unpaired) electrons. The fourth-order valence-electron chi connectivity index (χ4n) is 2.28. The molecule has 0 unspecified atom stereocenters. The number of aryl methyl sites for hydroxylation is 1. The molecule has 0 aliphatic carbocycles. The van der Waals surface area contributed by atoms with E-state index in [9.17, 15) is 9.59 Å². The van der Waals surface area contributed by atoms with E-state index >= 15 is 0 Å². The summed E-state index contributed by atoms with van der Waals surface area (Å²) in [6.07, 6.45) is 1.72. The van der Waals surface area contributed by atoms with Gasteiger partial charge in [0.1, 0.15) is 5.82 Å². The average Bonchev–Trinajstić information content (AvgIpc) is 2.63. The number of aromatic nitrogens is 1. The van der Waals surface area contributed by atoms with Gasteiger partial charge in [-0.2, -0.15) is 0 Å². The number of amides is 3. The molecule has 0 bridgehead atoms. The molecular formula is C20H27N5O2. The minimum atomic E-state index is -0.311. The number of urea groups is 1. The SMILES string of the molecule is Cc1ccc(NC(=O)C(C)C)cc1NC(=O)NCc1ccnc(N(C)C)c1. The standard InChI is InChI=1S/C20H27N5O2/c1-13(2)19(26)23-16-7-6-14(3)17(11-16)24-20(27)22-12-15-8-9-21-18(10-15)25(4)5/h6-11,13H,12H2,1-5H3,(H,23,26)(H2,22,24,27). The van der Waals surface area contributed by atoms with E-state index in [1.807, 2.05) is 64.0 Å². The highest BCUT2D eigenvalue weighted by Gasteiger charge is 2.10. The van der Waals surface area contributed by atoms with Gasteiger partial charge in [0.2, 0.25) is 5.91 Å². The normalized spacial score (nSPS) is 10.4. The monoisotopic (exact) mass is 369 g/mol. The molecule has 7 nitrogen and oxygen atoms in total. The van der Waals surface area contributed by atoms with Crippen LogP contribution < -0.4 is 20.9 Å². The molecule has 2 rings (SSSR count). The first-order valence-corrected chi connectivity index (χ1v) is 8.85. The summed E-state index contributed by atoms with van der Waals surface area (Å²) >= 11 is 0. The van der Waals surface area contributed by atoms with Crippen molar-refractivity contribution in [3.63, 3.8) is 0 Å². The molecule has 0 aliphatic rings. The van der Waals surface area contributed by atoms with E-state index in [0.29, 0.717) is 17.9 Å². The molecule has 3 amide bonds. The summed E-state index contributed by atoms with van der Waals surface area (Å²) in [5.74, 6) is 0.654. The summed E-state index contributed by atoms with van der Waals surface area (Å²) in [5.41, 5.74) is 3.17. The Labute approximate surface area is 160 Å². The van der Waals surface area contributed by atoms with Crippen molar-refractivity contribution in [1.82, 2.24) is 10.3 Å². The van der Waals surface area contributed by atoms with Crippen molar-refractivity contribution in [3.05, 3.63) is 47.7 Å². The highest BCUT2D eigenvalue weighted by molar-refractivity contribution is 5.94. The first-order valence-electron chi connectivity index (χ1n) is 8.85. The Morgan fingerprint density at radius 3 is 2.52 bits per heavy atom. The molecule has 0 atom stereocenters. The van der Waals surface area contributed by atoms with Gasteiger partial charge in [0.15, 0.2) is 0 Å². The van der Waals surface area contributed by atoms with Crippen LogP contribution in [0.25, 0.3) is 0 Å². The van der Waals surface area contributed by atoms with Gasteiger partial charge < -0.3 is 20.9 Å². The summed E-state index contributed by atoms with van der Waals surface area (Å²) in [6.45, 7) is 5.95. The highest BCUT2D eigenvalue weighted by Crippen LogP contribution is 2.21. The van der Waals surface area contributed by atoms with Crippen molar-refractivity contribution in [2.45, 2.75) is 27.3 Å². The average molecular weight is 369 g/mol. The lowest BCUT2D eigenvalue weighted by molar-refractivity contribution is -0.118. The number of anilines is 3. The number of nitrogens with zero attached hydrogens (tertiary/aromatic N) is 2. The molecule has 7 heteroatoms. The molecule has 0 aliphatic heterocycles. The molecule has 3 N–H and O–H groups in total. The predicted molar refractivity (Wildman–Crippen MR) is 109 cm³/mol. The van der Waals surface area contributed by atoms with Crippen LogP contribution in [-0.4, -0.2) is 31.0 Å². The summed E-state index contributed by atoms with van der Waals surface area (Å²) in [4.78, 5) is 30.3. The van der Waals surface area contributed by atoms with Crippen LogP contribution in [0, 0.1) is 12.8 Å². The summed E-state index contributed by atoms with van der Waals surface area (Å²) < 4.78 is 0. The van der Waals surface area contributed by atoms with E-state index < -0.39 is 0 Å². The van der Waals surface area contributed by atoms with Crippen molar-refractivity contribution >= 4 is 29.1 Å². The third kappa shape index (κ3) is 5.99. The summed E-state index contributed by atoms with van der Waals surface area (Å²) in [5, 5.41) is 8.50. The Balaban J connectivity index is 1.99. The quantitative estimate of drug-likeness (QED) is 0.729. The van der Waals surface area contributed by atoms with Crippen molar-refractivity contribution < 1.29 is 9.59 Å². The van der Waals surface area contributed by atoms with Gasteiger partial charge in [-0.25, -0.2) is 9.78 Å². The van der Waals surface area contributed by atoms with E-state index in [-0.39, 0.29) is 17.9 Å². The molecule has 0 spiro atoms. The van der Waals surface area contributed by atoms with Gasteiger partial charge in [0.05, 0.1) is 0 Å². The van der Waals surface area contributed by atoms with Crippen LogP contribution >= 0.6 is 0 Å². The molecule has 0 fully saturated rings. The summed E-state index contributed by atoms with van der Waals surface area (Å²) in [6, 6.07) is 8.91. The maximum absolute atomic E-state index is 12.3. The largest absolute Gasteiger partial charge is 0.363 e. The Hall–Kier alpha value is -3.09. The minimum Gasteiger partial charge on any atom is -0.363 e. The third-order valence-corrected chi connectivity index (χ3v) is 4.00. The number of rotatable bonds is 6. The second-order valence-electron chi connectivity index (χ2n) is 6.90. The molecule has 1 heterocycles. The lowest BCUT2D eigenvalue weighted by Crippen LogP contribution is -2.28. The maximum atomic E-state index is 12.3. The lowest BCUT2D eigenvalue weighted by atomic mass is 10.1. The third-order valence-electron chi connectivity index (χ3n) is 4.00. The summed E-state index contributed by atoms with van der Waals surface area (Å²) in [7, 11) is 3.83. The van der Waals surface area contributed by atoms with Gasteiger partial charge in [-0.15, -0.1) is 0 Å². The molecule has 0 saturated heterocycles.